The molecular weight excluding hydrogens is 428 g/mol. The Kier molecular flexibility index (Phi) is 4.13. The monoisotopic (exact) mass is 464 g/mol. The first-order chi connectivity index (χ1) is 15.3. The molecule has 4 saturated heterocycles. The summed E-state index contributed by atoms with van der Waals surface area (Å²) in [6, 6.07) is 0. The first-order valence-corrected chi connectivity index (χ1v) is 12.4. The van der Waals surface area contributed by atoms with Gasteiger partial charge in [-0.3, -0.25) is 9.59 Å². The van der Waals surface area contributed by atoms with Gasteiger partial charge in [-0.05, 0) is 58.3 Å². The van der Waals surface area contributed by atoms with Gasteiger partial charge in [0.15, 0.2) is 5.60 Å². The zero-order chi connectivity index (χ0) is 23.8. The van der Waals surface area contributed by atoms with E-state index in [9.17, 15) is 14.7 Å². The van der Waals surface area contributed by atoms with Crippen molar-refractivity contribution in [1.29, 1.82) is 0 Å². The van der Waals surface area contributed by atoms with Crippen molar-refractivity contribution in [3.05, 3.63) is 0 Å². The average molecular weight is 465 g/mol. The van der Waals surface area contributed by atoms with Crippen molar-refractivity contribution in [1.82, 2.24) is 0 Å². The first kappa shape index (κ1) is 22.3. The SMILES string of the molecule is C[C@H]1CC[C@H]2C(C)(C)OC(=O)CC[C@@]23COO[C@@]24O[C@@]13C[C@]2(C)[C@@H](C)[C@H]1C(=O)O[C@]4(C)[C@H]1O. The highest BCUT2D eigenvalue weighted by molar-refractivity contribution is 5.78. The van der Waals surface area contributed by atoms with Crippen LogP contribution in [0, 0.1) is 34.5 Å². The third-order valence-corrected chi connectivity index (χ3v) is 11.1. The number of carbonyl (C=O) groups is 2. The summed E-state index contributed by atoms with van der Waals surface area (Å²) in [6.45, 7) is 12.3. The highest BCUT2D eigenvalue weighted by atomic mass is 17.2. The highest BCUT2D eigenvalue weighted by Crippen LogP contribution is 2.76. The molecule has 8 heteroatoms. The van der Waals surface area contributed by atoms with E-state index in [-0.39, 0.29) is 36.8 Å². The third kappa shape index (κ3) is 2.15. The molecule has 0 amide bonds. The van der Waals surface area contributed by atoms with E-state index in [4.69, 9.17) is 24.0 Å². The maximum absolute atomic E-state index is 12.8. The van der Waals surface area contributed by atoms with Crippen LogP contribution in [0.1, 0.15) is 73.6 Å². The Balaban J connectivity index is 1.59. The molecule has 4 heterocycles. The van der Waals surface area contributed by atoms with Gasteiger partial charge < -0.3 is 19.3 Å². The van der Waals surface area contributed by atoms with Gasteiger partial charge in [-0.1, -0.05) is 20.8 Å². The maximum atomic E-state index is 12.8. The Labute approximate surface area is 194 Å². The first-order valence-electron chi connectivity index (χ1n) is 12.4. The summed E-state index contributed by atoms with van der Waals surface area (Å²) in [5, 5.41) is 11.3. The summed E-state index contributed by atoms with van der Waals surface area (Å²) >= 11 is 0. The van der Waals surface area contributed by atoms with E-state index in [0.717, 1.165) is 12.8 Å². The number of cyclic esters (lactones) is 1. The zero-order valence-corrected chi connectivity index (χ0v) is 20.4. The number of carbonyl (C=O) groups excluding carboxylic acids is 2. The second-order valence-electron chi connectivity index (χ2n) is 12.6. The van der Waals surface area contributed by atoms with Crippen molar-refractivity contribution < 1.29 is 38.7 Å². The molecule has 4 bridgehead atoms. The quantitative estimate of drug-likeness (QED) is 0.431. The number of ether oxygens (including phenoxy) is 3. The standard InChI is InChI=1S/C25H36O8/c1-13-7-8-15-20(3,4)30-16(26)9-10-23(15)12-29-33-25-21(5,11-24(13,23)32-25)14(2)17-18(27)22(25,6)31-19(17)28/h13-15,17-18,27H,7-12H2,1-6H3/t13-,14-,15-,17+,18-,21+,22+,23+,24-,25-/m0/s1. The molecule has 3 spiro atoms. The molecule has 0 aromatic carbocycles. The van der Waals surface area contributed by atoms with Gasteiger partial charge in [0, 0.05) is 23.2 Å². The predicted molar refractivity (Wildman–Crippen MR) is 113 cm³/mol. The molecule has 2 aliphatic carbocycles. The van der Waals surface area contributed by atoms with E-state index in [0.29, 0.717) is 12.8 Å². The highest BCUT2D eigenvalue weighted by Gasteiger charge is 2.88. The van der Waals surface area contributed by atoms with Gasteiger partial charge in [-0.25, -0.2) is 4.89 Å². The van der Waals surface area contributed by atoms with E-state index >= 15 is 0 Å². The molecule has 0 aromatic rings. The summed E-state index contributed by atoms with van der Waals surface area (Å²) in [4.78, 5) is 37.8. The smallest absolute Gasteiger partial charge is 0.312 e. The van der Waals surface area contributed by atoms with Crippen LogP contribution in [0.15, 0.2) is 0 Å². The molecule has 1 N–H and O–H groups in total. The van der Waals surface area contributed by atoms with Crippen molar-refractivity contribution in [3.63, 3.8) is 0 Å². The topological polar surface area (TPSA) is 101 Å². The minimum Gasteiger partial charge on any atom is -0.459 e. The summed E-state index contributed by atoms with van der Waals surface area (Å²) in [6.07, 6.45) is 2.26. The van der Waals surface area contributed by atoms with Gasteiger partial charge in [0.2, 0.25) is 5.79 Å². The van der Waals surface area contributed by atoms with Crippen LogP contribution in [0.4, 0.5) is 0 Å². The zero-order valence-electron chi connectivity index (χ0n) is 20.4. The lowest BCUT2D eigenvalue weighted by molar-refractivity contribution is -0.485. The third-order valence-electron chi connectivity index (χ3n) is 11.1. The van der Waals surface area contributed by atoms with Crippen molar-refractivity contribution in [3.8, 4) is 0 Å². The van der Waals surface area contributed by atoms with Gasteiger partial charge in [-0.15, -0.1) is 0 Å². The lowest BCUT2D eigenvalue weighted by atomic mass is 9.46. The van der Waals surface area contributed by atoms with Crippen molar-refractivity contribution in [2.24, 2.45) is 34.5 Å². The Morgan fingerprint density at radius 2 is 1.76 bits per heavy atom. The number of rotatable bonds is 0. The Morgan fingerprint density at radius 3 is 2.48 bits per heavy atom. The summed E-state index contributed by atoms with van der Waals surface area (Å²) < 4.78 is 19.1. The van der Waals surface area contributed by atoms with Crippen molar-refractivity contribution in [2.75, 3.05) is 6.61 Å². The lowest BCUT2D eigenvalue weighted by Crippen LogP contribution is -2.71. The Morgan fingerprint density at radius 1 is 1.03 bits per heavy atom. The molecule has 8 nitrogen and oxygen atoms in total. The number of esters is 2. The number of hydrogen-bond acceptors (Lipinski definition) is 8. The van der Waals surface area contributed by atoms with Crippen LogP contribution in [0.2, 0.25) is 0 Å². The van der Waals surface area contributed by atoms with Crippen LogP contribution in [0.5, 0.6) is 0 Å². The second kappa shape index (κ2) is 6.12. The van der Waals surface area contributed by atoms with Crippen LogP contribution in [0.3, 0.4) is 0 Å². The van der Waals surface area contributed by atoms with Crippen LogP contribution in [-0.2, 0) is 33.6 Å². The van der Waals surface area contributed by atoms with Crippen molar-refractivity contribution in [2.45, 2.75) is 102 Å². The summed E-state index contributed by atoms with van der Waals surface area (Å²) in [7, 11) is 0. The average Bonchev–Trinajstić information content (AvgIpc) is 2.99. The fraction of sp³-hybridized carbons (Fsp3) is 0.920. The molecule has 0 unspecified atom stereocenters. The van der Waals surface area contributed by atoms with Gasteiger partial charge in [-0.2, -0.15) is 4.89 Å². The molecular formula is C25H36O8. The van der Waals surface area contributed by atoms with E-state index in [1.54, 1.807) is 6.92 Å². The minimum atomic E-state index is -1.46. The van der Waals surface area contributed by atoms with E-state index in [2.05, 4.69) is 13.8 Å². The number of fused-ring (bicyclic) bond motifs is 2. The van der Waals surface area contributed by atoms with Gasteiger partial charge in [0.1, 0.15) is 11.7 Å². The largest absolute Gasteiger partial charge is 0.459 e. The van der Waals surface area contributed by atoms with Crippen LogP contribution in [0.25, 0.3) is 0 Å². The molecule has 6 fully saturated rings. The lowest BCUT2D eigenvalue weighted by Gasteiger charge is -2.59. The van der Waals surface area contributed by atoms with Crippen LogP contribution in [-0.4, -0.2) is 52.3 Å². The van der Waals surface area contributed by atoms with Crippen LogP contribution < -0.4 is 0 Å². The van der Waals surface area contributed by atoms with Crippen molar-refractivity contribution >= 4 is 11.9 Å². The minimum absolute atomic E-state index is 0.0166. The Hall–Kier alpha value is -1.22. The Bertz CT molecular complexity index is 933. The van der Waals surface area contributed by atoms with E-state index in [1.165, 1.54) is 0 Å². The molecule has 4 aliphatic heterocycles. The second-order valence-corrected chi connectivity index (χ2v) is 12.6. The predicted octanol–water partition coefficient (Wildman–Crippen LogP) is 2.90. The normalized spacial score (nSPS) is 58.8. The molecule has 6 rings (SSSR count). The fourth-order valence-corrected chi connectivity index (χ4v) is 9.26. The fourth-order valence-electron chi connectivity index (χ4n) is 9.26. The maximum Gasteiger partial charge on any atom is 0.312 e. The van der Waals surface area contributed by atoms with Gasteiger partial charge in [0.05, 0.1) is 18.1 Å². The molecule has 10 atom stereocenters. The van der Waals surface area contributed by atoms with Gasteiger partial charge >= 0.3 is 11.9 Å². The molecule has 2 saturated carbocycles. The van der Waals surface area contributed by atoms with Crippen LogP contribution >= 0.6 is 0 Å². The molecule has 6 aliphatic rings. The van der Waals surface area contributed by atoms with E-state index in [1.807, 2.05) is 20.8 Å². The van der Waals surface area contributed by atoms with Gasteiger partial charge in [0.25, 0.3) is 0 Å². The molecule has 184 valence electrons. The molecule has 0 radical (unpaired) electrons. The molecule has 0 aromatic heterocycles. The summed E-state index contributed by atoms with van der Waals surface area (Å²) in [5.74, 6) is -2.78. The number of hydrogen-bond donors (Lipinski definition) is 1. The summed E-state index contributed by atoms with van der Waals surface area (Å²) in [5.41, 5.74) is -3.93. The van der Waals surface area contributed by atoms with E-state index < -0.39 is 51.4 Å². The number of aliphatic hydroxyl groups excluding tert-OH is 1. The number of aliphatic hydroxyl groups is 1. The molecule has 33 heavy (non-hydrogen) atoms.